The maximum atomic E-state index is 10.3. The number of aromatic hydroxyl groups is 2. The van der Waals surface area contributed by atoms with Crippen LogP contribution in [0.3, 0.4) is 0 Å². The zero-order chi connectivity index (χ0) is 12.0. The molecule has 6 nitrogen and oxygen atoms in total. The number of aromatic nitrogens is 2. The fourth-order valence-corrected chi connectivity index (χ4v) is 0.839. The van der Waals surface area contributed by atoms with Crippen LogP contribution in [0, 0.1) is 10.4 Å². The number of rotatable bonds is 0. The van der Waals surface area contributed by atoms with Gasteiger partial charge in [0.25, 0.3) is 0 Å². The fraction of sp³-hybridized carbons (Fsp3) is 0. The summed E-state index contributed by atoms with van der Waals surface area (Å²) in [7, 11) is 0. The molecule has 0 saturated heterocycles. The molecule has 17 heavy (non-hydrogen) atoms. The van der Waals surface area contributed by atoms with E-state index >= 15 is 0 Å². The summed E-state index contributed by atoms with van der Waals surface area (Å²) < 4.78 is 0.778. The summed E-state index contributed by atoms with van der Waals surface area (Å²) in [4.78, 5) is 0. The minimum atomic E-state index is -0.271. The molecule has 0 spiro atoms. The Balaban J connectivity index is 0.000000284. The van der Waals surface area contributed by atoms with E-state index in [2.05, 4.69) is 0 Å². The van der Waals surface area contributed by atoms with Crippen molar-refractivity contribution in [2.45, 2.75) is 0 Å². The Hall–Kier alpha value is -1.88. The van der Waals surface area contributed by atoms with Gasteiger partial charge >= 0.3 is 11.8 Å². The van der Waals surface area contributed by atoms with Crippen LogP contribution < -0.4 is 9.46 Å². The molecule has 2 N–H and O–H groups in total. The molecular weight excluding hydrogens is 278 g/mol. The first-order valence-corrected chi connectivity index (χ1v) is 4.35. The molecule has 2 aromatic rings. The van der Waals surface area contributed by atoms with E-state index in [1.54, 1.807) is 24.3 Å². The average molecular weight is 288 g/mol. The average Bonchev–Trinajstić information content (AvgIpc) is 2.28. The second-order valence-electron chi connectivity index (χ2n) is 2.77. The summed E-state index contributed by atoms with van der Waals surface area (Å²) in [6, 6.07) is 8.92. The van der Waals surface area contributed by atoms with Crippen molar-refractivity contribution in [2.24, 2.45) is 0 Å². The Morgan fingerprint density at radius 1 is 0.765 bits per heavy atom. The van der Waals surface area contributed by atoms with E-state index in [1.165, 1.54) is 24.5 Å². The number of pyridine rings is 2. The van der Waals surface area contributed by atoms with Crippen molar-refractivity contribution in [3.8, 4) is 11.8 Å². The Bertz CT molecular complexity index is 382. The molecule has 86 valence electrons. The van der Waals surface area contributed by atoms with Crippen LogP contribution in [-0.4, -0.2) is 10.2 Å². The zero-order valence-corrected chi connectivity index (χ0v) is 11.9. The van der Waals surface area contributed by atoms with Crippen LogP contribution in [-0.2, 0) is 19.5 Å². The van der Waals surface area contributed by atoms with Crippen molar-refractivity contribution >= 4 is 0 Å². The molecule has 0 bridgehead atoms. The molecule has 0 aliphatic carbocycles. The normalized spacial score (nSPS) is 8.47. The Labute approximate surface area is 110 Å². The van der Waals surface area contributed by atoms with Crippen molar-refractivity contribution in [3.05, 3.63) is 59.2 Å². The van der Waals surface area contributed by atoms with Crippen molar-refractivity contribution in [2.75, 3.05) is 0 Å². The van der Waals surface area contributed by atoms with Gasteiger partial charge < -0.3 is 20.6 Å². The largest absolute Gasteiger partial charge is 0.616 e. The molecule has 0 unspecified atom stereocenters. The van der Waals surface area contributed by atoms with Gasteiger partial charge in [0, 0.05) is 31.6 Å². The molecule has 0 atom stereocenters. The third kappa shape index (κ3) is 5.13. The molecule has 0 radical (unpaired) electrons. The zero-order valence-electron chi connectivity index (χ0n) is 8.93. The second-order valence-corrected chi connectivity index (χ2v) is 2.77. The van der Waals surface area contributed by atoms with E-state index in [-0.39, 0.29) is 31.2 Å². The van der Waals surface area contributed by atoms with Gasteiger partial charge in [0.1, 0.15) is 0 Å². The Morgan fingerprint density at radius 3 is 1.29 bits per heavy atom. The molecule has 0 aliphatic rings. The van der Waals surface area contributed by atoms with Gasteiger partial charge in [-0.15, -0.1) is 9.46 Å². The van der Waals surface area contributed by atoms with Crippen LogP contribution in [0.2, 0.25) is 0 Å². The van der Waals surface area contributed by atoms with Gasteiger partial charge in [0.05, 0.1) is 12.1 Å². The summed E-state index contributed by atoms with van der Waals surface area (Å²) >= 11 is 0. The summed E-state index contributed by atoms with van der Waals surface area (Å²) in [5.41, 5.74) is 0. The van der Waals surface area contributed by atoms with Crippen LogP contribution in [0.4, 0.5) is 0 Å². The van der Waals surface area contributed by atoms with Gasteiger partial charge in [0.15, 0.2) is 12.4 Å². The molecule has 2 heterocycles. The van der Waals surface area contributed by atoms with E-state index in [0.717, 1.165) is 0 Å². The summed E-state index contributed by atoms with van der Waals surface area (Å²) in [6.07, 6.45) is 2.46. The summed E-state index contributed by atoms with van der Waals surface area (Å²) in [6.45, 7) is 0. The Kier molecular flexibility index (Phi) is 6.59. The van der Waals surface area contributed by atoms with Crippen LogP contribution in [0.5, 0.6) is 11.8 Å². The topological polar surface area (TPSA) is 94.3 Å². The number of hydrogen-bond donors (Lipinski definition) is 2. The molecule has 0 fully saturated rings. The van der Waals surface area contributed by atoms with Gasteiger partial charge in [0.2, 0.25) is 0 Å². The third-order valence-corrected chi connectivity index (χ3v) is 1.61. The molecule has 0 aliphatic heterocycles. The minimum Gasteiger partial charge on any atom is -0.616 e. The molecule has 7 heteroatoms. The van der Waals surface area contributed by atoms with E-state index in [9.17, 15) is 10.4 Å². The standard InChI is InChI=1S/2C5H5NO2.Zn/c2*7-5-3-1-2-4-6(5)8;/h2*1-4,7H;. The van der Waals surface area contributed by atoms with Gasteiger partial charge in [-0.1, -0.05) is 0 Å². The van der Waals surface area contributed by atoms with Gasteiger partial charge in [-0.05, 0) is 12.1 Å². The summed E-state index contributed by atoms with van der Waals surface area (Å²) in [5.74, 6) is -0.542. The van der Waals surface area contributed by atoms with Crippen molar-refractivity contribution in [1.29, 1.82) is 0 Å². The van der Waals surface area contributed by atoms with E-state index in [1.807, 2.05) is 0 Å². The fourth-order valence-electron chi connectivity index (χ4n) is 0.839. The van der Waals surface area contributed by atoms with Gasteiger partial charge in [-0.2, -0.15) is 0 Å². The maximum absolute atomic E-state index is 10.3. The van der Waals surface area contributed by atoms with Crippen molar-refractivity contribution in [1.82, 2.24) is 0 Å². The van der Waals surface area contributed by atoms with E-state index < -0.39 is 0 Å². The van der Waals surface area contributed by atoms with Crippen LogP contribution in [0.25, 0.3) is 0 Å². The van der Waals surface area contributed by atoms with Crippen LogP contribution in [0.15, 0.2) is 48.8 Å². The third-order valence-electron chi connectivity index (χ3n) is 1.61. The van der Waals surface area contributed by atoms with E-state index in [0.29, 0.717) is 9.46 Å². The molecule has 2 aromatic heterocycles. The molecule has 0 amide bonds. The second kappa shape index (κ2) is 7.41. The molecule has 0 saturated carbocycles. The predicted molar refractivity (Wildman–Crippen MR) is 54.1 cm³/mol. The quantitative estimate of drug-likeness (QED) is 0.407. The van der Waals surface area contributed by atoms with Crippen molar-refractivity contribution < 1.29 is 39.2 Å². The first-order valence-electron chi connectivity index (χ1n) is 4.35. The van der Waals surface area contributed by atoms with Crippen LogP contribution >= 0.6 is 0 Å². The summed E-state index contributed by atoms with van der Waals surface area (Å²) in [5, 5.41) is 37.7. The van der Waals surface area contributed by atoms with E-state index in [4.69, 9.17) is 10.2 Å². The minimum absolute atomic E-state index is 0. The number of nitrogens with zero attached hydrogens (tertiary/aromatic N) is 2. The van der Waals surface area contributed by atoms with Crippen molar-refractivity contribution in [3.63, 3.8) is 0 Å². The van der Waals surface area contributed by atoms with Gasteiger partial charge in [-0.25, -0.2) is 0 Å². The predicted octanol–water partition coefficient (Wildman–Crippen LogP) is 0.0487. The first kappa shape index (κ1) is 15.1. The molecule has 0 aromatic carbocycles. The maximum Gasteiger partial charge on any atom is 0.376 e. The van der Waals surface area contributed by atoms with Crippen LogP contribution in [0.1, 0.15) is 0 Å². The monoisotopic (exact) mass is 286 g/mol. The smallest absolute Gasteiger partial charge is 0.376 e. The number of hydrogen-bond acceptors (Lipinski definition) is 4. The molecular formula is C10H10N2O4Zn. The first-order chi connectivity index (χ1) is 7.61. The Morgan fingerprint density at radius 2 is 1.12 bits per heavy atom. The van der Waals surface area contributed by atoms with Gasteiger partial charge in [-0.3, -0.25) is 0 Å². The SMILES string of the molecule is [O-][n+]1ccccc1O.[O-][n+]1ccccc1O.[Zn]. The molecule has 2 rings (SSSR count).